The highest BCUT2D eigenvalue weighted by Crippen LogP contribution is 2.35. The van der Waals surface area contributed by atoms with E-state index in [1.807, 2.05) is 12.1 Å². The van der Waals surface area contributed by atoms with E-state index in [0.29, 0.717) is 24.1 Å². The lowest BCUT2D eigenvalue weighted by Crippen LogP contribution is -2.47. The van der Waals surface area contributed by atoms with Crippen molar-refractivity contribution in [2.45, 2.75) is 19.3 Å². The molecule has 0 spiro atoms. The number of hydrogen-bond donors (Lipinski definition) is 1. The number of hydrogen-bond acceptors (Lipinski definition) is 4. The number of aliphatic hydroxyl groups is 1. The zero-order valence-electron chi connectivity index (χ0n) is 13.5. The Kier molecular flexibility index (Phi) is 4.77. The summed E-state index contributed by atoms with van der Waals surface area (Å²) in [7, 11) is 0. The van der Waals surface area contributed by atoms with E-state index in [0.717, 1.165) is 25.2 Å². The molecule has 0 unspecified atom stereocenters. The Bertz CT molecular complexity index is 741. The molecule has 1 fully saturated rings. The Balaban J connectivity index is 1.81. The summed E-state index contributed by atoms with van der Waals surface area (Å²) >= 11 is 0. The van der Waals surface area contributed by atoms with Crippen LogP contribution in [0.5, 0.6) is 0 Å². The fourth-order valence-electron chi connectivity index (χ4n) is 3.42. The second-order valence-electron chi connectivity index (χ2n) is 6.47. The second-order valence-corrected chi connectivity index (χ2v) is 6.47. The molecule has 4 nitrogen and oxygen atoms in total. The van der Waals surface area contributed by atoms with Crippen LogP contribution in [0.4, 0.5) is 10.2 Å². The van der Waals surface area contributed by atoms with Gasteiger partial charge < -0.3 is 10.0 Å². The van der Waals surface area contributed by atoms with E-state index in [1.54, 1.807) is 24.4 Å². The number of halogens is 1. The maximum atomic E-state index is 14.0. The number of benzene rings is 1. The maximum absolute atomic E-state index is 14.0. The summed E-state index contributed by atoms with van der Waals surface area (Å²) in [6.07, 6.45) is 3.83. The first kappa shape index (κ1) is 16.4. The summed E-state index contributed by atoms with van der Waals surface area (Å²) in [6, 6.07) is 12.4. The minimum absolute atomic E-state index is 0.00805. The molecule has 1 aliphatic rings. The van der Waals surface area contributed by atoms with Crippen molar-refractivity contribution < 1.29 is 9.50 Å². The van der Waals surface area contributed by atoms with Crippen molar-refractivity contribution in [2.75, 3.05) is 24.6 Å². The van der Waals surface area contributed by atoms with E-state index >= 15 is 0 Å². The van der Waals surface area contributed by atoms with Crippen molar-refractivity contribution in [2.24, 2.45) is 5.41 Å². The van der Waals surface area contributed by atoms with Crippen LogP contribution in [-0.4, -0.2) is 29.8 Å². The van der Waals surface area contributed by atoms with Gasteiger partial charge in [0, 0.05) is 24.7 Å². The van der Waals surface area contributed by atoms with E-state index < -0.39 is 0 Å². The van der Waals surface area contributed by atoms with E-state index in [-0.39, 0.29) is 17.8 Å². The Hall–Kier alpha value is -2.45. The SMILES string of the molecule is N#Cc1ccc(N2CCC[C@](CO)(Cc3ccccc3F)C2)nc1. The summed E-state index contributed by atoms with van der Waals surface area (Å²) in [4.78, 5) is 6.46. The monoisotopic (exact) mass is 325 g/mol. The van der Waals surface area contributed by atoms with Crippen molar-refractivity contribution in [3.05, 3.63) is 59.5 Å². The van der Waals surface area contributed by atoms with Gasteiger partial charge in [0.2, 0.25) is 0 Å². The van der Waals surface area contributed by atoms with Gasteiger partial charge in [-0.3, -0.25) is 0 Å². The molecule has 0 radical (unpaired) electrons. The van der Waals surface area contributed by atoms with Gasteiger partial charge in [-0.15, -0.1) is 0 Å². The molecule has 1 N–H and O–H groups in total. The van der Waals surface area contributed by atoms with Crippen molar-refractivity contribution in [3.8, 4) is 6.07 Å². The van der Waals surface area contributed by atoms with Gasteiger partial charge >= 0.3 is 0 Å². The molecule has 3 rings (SSSR count). The van der Waals surface area contributed by atoms with Gasteiger partial charge in [0.05, 0.1) is 12.2 Å². The summed E-state index contributed by atoms with van der Waals surface area (Å²) in [6.45, 7) is 1.47. The predicted octanol–water partition coefficient (Wildman–Crippen LogP) is 2.91. The molecule has 0 aliphatic carbocycles. The molecule has 0 bridgehead atoms. The molecular weight excluding hydrogens is 305 g/mol. The minimum atomic E-state index is -0.379. The topological polar surface area (TPSA) is 60.2 Å². The van der Waals surface area contributed by atoms with E-state index in [2.05, 4.69) is 16.0 Å². The van der Waals surface area contributed by atoms with Crippen LogP contribution in [0.25, 0.3) is 0 Å². The summed E-state index contributed by atoms with van der Waals surface area (Å²) in [5.74, 6) is 0.569. The van der Waals surface area contributed by atoms with Gasteiger partial charge in [-0.1, -0.05) is 18.2 Å². The van der Waals surface area contributed by atoms with Crippen LogP contribution in [0, 0.1) is 22.6 Å². The molecule has 1 atom stereocenters. The predicted molar refractivity (Wildman–Crippen MR) is 90.0 cm³/mol. The minimum Gasteiger partial charge on any atom is -0.396 e. The van der Waals surface area contributed by atoms with Crippen LogP contribution in [0.3, 0.4) is 0 Å². The highest BCUT2D eigenvalue weighted by Gasteiger charge is 2.36. The Morgan fingerprint density at radius 3 is 2.79 bits per heavy atom. The van der Waals surface area contributed by atoms with Crippen LogP contribution in [0.1, 0.15) is 24.0 Å². The zero-order valence-corrected chi connectivity index (χ0v) is 13.5. The number of piperidine rings is 1. The molecule has 1 saturated heterocycles. The highest BCUT2D eigenvalue weighted by atomic mass is 19.1. The third-order valence-electron chi connectivity index (χ3n) is 4.72. The van der Waals surface area contributed by atoms with Crippen molar-refractivity contribution in [1.29, 1.82) is 5.26 Å². The largest absolute Gasteiger partial charge is 0.396 e. The number of pyridine rings is 1. The maximum Gasteiger partial charge on any atom is 0.128 e. The van der Waals surface area contributed by atoms with Crippen LogP contribution < -0.4 is 4.90 Å². The molecule has 0 amide bonds. The lowest BCUT2D eigenvalue weighted by molar-refractivity contribution is 0.104. The van der Waals surface area contributed by atoms with Crippen LogP contribution in [0.15, 0.2) is 42.6 Å². The lowest BCUT2D eigenvalue weighted by Gasteiger charge is -2.42. The smallest absolute Gasteiger partial charge is 0.128 e. The van der Waals surface area contributed by atoms with E-state index in [4.69, 9.17) is 5.26 Å². The summed E-state index contributed by atoms with van der Waals surface area (Å²) in [5.41, 5.74) is 0.785. The molecule has 124 valence electrons. The van der Waals surface area contributed by atoms with E-state index in [9.17, 15) is 9.50 Å². The fourth-order valence-corrected chi connectivity index (χ4v) is 3.42. The fraction of sp³-hybridized carbons (Fsp3) is 0.368. The van der Waals surface area contributed by atoms with Crippen LogP contribution >= 0.6 is 0 Å². The zero-order chi connectivity index (χ0) is 17.0. The number of nitriles is 1. The van der Waals surface area contributed by atoms with Crippen molar-refractivity contribution in [1.82, 2.24) is 4.98 Å². The van der Waals surface area contributed by atoms with Crippen LogP contribution in [-0.2, 0) is 6.42 Å². The molecule has 1 aromatic heterocycles. The van der Waals surface area contributed by atoms with Gasteiger partial charge in [0.15, 0.2) is 0 Å². The highest BCUT2D eigenvalue weighted by molar-refractivity contribution is 5.43. The van der Waals surface area contributed by atoms with Crippen molar-refractivity contribution >= 4 is 5.82 Å². The molecule has 2 heterocycles. The first-order valence-electron chi connectivity index (χ1n) is 8.11. The van der Waals surface area contributed by atoms with Crippen LogP contribution in [0.2, 0.25) is 0 Å². The first-order valence-corrected chi connectivity index (χ1v) is 8.11. The molecule has 5 heteroatoms. The number of aromatic nitrogens is 1. The Labute approximate surface area is 141 Å². The van der Waals surface area contributed by atoms with Crippen molar-refractivity contribution in [3.63, 3.8) is 0 Å². The Morgan fingerprint density at radius 2 is 2.12 bits per heavy atom. The molecule has 1 aliphatic heterocycles. The quantitative estimate of drug-likeness (QED) is 0.939. The number of rotatable bonds is 4. The van der Waals surface area contributed by atoms with Gasteiger partial charge in [-0.2, -0.15) is 5.26 Å². The molecule has 1 aromatic carbocycles. The molecular formula is C19H20FN3O. The molecule has 2 aromatic rings. The second kappa shape index (κ2) is 6.98. The average Bonchev–Trinajstić information content (AvgIpc) is 2.64. The van der Waals surface area contributed by atoms with Gasteiger partial charge in [0.1, 0.15) is 17.7 Å². The number of aliphatic hydroxyl groups excluding tert-OH is 1. The normalized spacial score (nSPS) is 20.6. The summed E-state index contributed by atoms with van der Waals surface area (Å²) in [5, 5.41) is 18.9. The lowest BCUT2D eigenvalue weighted by atomic mass is 9.75. The third kappa shape index (κ3) is 3.39. The standard InChI is InChI=1S/C19H20FN3O/c20-17-5-2-1-4-16(17)10-19(14-24)8-3-9-23(13-19)18-7-6-15(11-21)12-22-18/h1-2,4-7,12,24H,3,8-10,13-14H2/t19-/m0/s1. The summed E-state index contributed by atoms with van der Waals surface area (Å²) < 4.78 is 14.0. The Morgan fingerprint density at radius 1 is 1.29 bits per heavy atom. The average molecular weight is 325 g/mol. The number of nitrogens with zero attached hydrogens (tertiary/aromatic N) is 3. The van der Waals surface area contributed by atoms with Gasteiger partial charge in [-0.25, -0.2) is 9.37 Å². The molecule has 0 saturated carbocycles. The van der Waals surface area contributed by atoms with Gasteiger partial charge in [0.25, 0.3) is 0 Å². The number of anilines is 1. The van der Waals surface area contributed by atoms with E-state index in [1.165, 1.54) is 6.07 Å². The first-order chi connectivity index (χ1) is 11.7. The molecule has 24 heavy (non-hydrogen) atoms. The van der Waals surface area contributed by atoms with Gasteiger partial charge in [-0.05, 0) is 43.0 Å². The third-order valence-corrected chi connectivity index (χ3v) is 4.72.